The first-order chi connectivity index (χ1) is 13.0. The molecule has 1 aliphatic rings. The van der Waals surface area contributed by atoms with Gasteiger partial charge in [-0.15, -0.1) is 0 Å². The molecule has 1 fully saturated rings. The maximum absolute atomic E-state index is 13.1. The first-order valence-corrected chi connectivity index (χ1v) is 8.71. The van der Waals surface area contributed by atoms with Gasteiger partial charge in [-0.1, -0.05) is 12.1 Å². The zero-order chi connectivity index (χ0) is 19.2. The quantitative estimate of drug-likeness (QED) is 0.843. The largest absolute Gasteiger partial charge is 0.480 e. The Morgan fingerprint density at radius 1 is 1.04 bits per heavy atom. The van der Waals surface area contributed by atoms with Gasteiger partial charge in [-0.2, -0.15) is 0 Å². The molecule has 0 unspecified atom stereocenters. The lowest BCUT2D eigenvalue weighted by Crippen LogP contribution is -2.36. The number of amides is 1. The van der Waals surface area contributed by atoms with Gasteiger partial charge in [0.2, 0.25) is 0 Å². The number of carbonyl (C=O) groups is 2. The number of halogens is 1. The predicted octanol–water partition coefficient (Wildman–Crippen LogP) is 2.39. The molecule has 0 atom stereocenters. The van der Waals surface area contributed by atoms with Gasteiger partial charge in [-0.25, -0.2) is 4.39 Å². The summed E-state index contributed by atoms with van der Waals surface area (Å²) in [5.74, 6) is -1.86. The van der Waals surface area contributed by atoms with Gasteiger partial charge in [0.25, 0.3) is 5.91 Å². The van der Waals surface area contributed by atoms with Gasteiger partial charge in [0.1, 0.15) is 12.4 Å². The van der Waals surface area contributed by atoms with Crippen molar-refractivity contribution in [2.24, 2.45) is 0 Å². The summed E-state index contributed by atoms with van der Waals surface area (Å²) in [6.45, 7) is 2.60. The summed E-state index contributed by atoms with van der Waals surface area (Å²) >= 11 is 0. The molecule has 27 heavy (non-hydrogen) atoms. The van der Waals surface area contributed by atoms with Crippen LogP contribution in [0.2, 0.25) is 0 Å². The topological polar surface area (TPSA) is 70.1 Å². The Hall–Kier alpha value is -2.93. The highest BCUT2D eigenvalue weighted by Gasteiger charge is 2.20. The molecule has 0 bridgehead atoms. The zero-order valence-electron chi connectivity index (χ0n) is 14.8. The van der Waals surface area contributed by atoms with Crippen molar-refractivity contribution in [1.82, 2.24) is 4.90 Å². The number of anilines is 1. The maximum atomic E-state index is 13.1. The van der Waals surface area contributed by atoms with Crippen LogP contribution in [-0.4, -0.2) is 54.7 Å². The molecule has 1 saturated heterocycles. The van der Waals surface area contributed by atoms with Gasteiger partial charge in [0.05, 0.1) is 13.2 Å². The van der Waals surface area contributed by atoms with Crippen molar-refractivity contribution >= 4 is 17.6 Å². The van der Waals surface area contributed by atoms with Crippen molar-refractivity contribution in [2.45, 2.75) is 6.54 Å². The van der Waals surface area contributed by atoms with Gasteiger partial charge in [-0.05, 0) is 42.0 Å². The molecule has 2 aromatic carbocycles. The molecule has 0 radical (unpaired) electrons. The highest BCUT2D eigenvalue weighted by Crippen LogP contribution is 2.18. The number of nitrogens with zero attached hydrogens (tertiary/aromatic N) is 2. The van der Waals surface area contributed by atoms with Gasteiger partial charge in [0, 0.05) is 30.9 Å². The van der Waals surface area contributed by atoms with E-state index in [2.05, 4.69) is 4.90 Å². The van der Waals surface area contributed by atoms with E-state index in [0.29, 0.717) is 24.3 Å². The molecule has 1 amide bonds. The molecule has 0 aliphatic carbocycles. The second-order valence-electron chi connectivity index (χ2n) is 6.33. The molecule has 1 N–H and O–H groups in total. The van der Waals surface area contributed by atoms with Crippen molar-refractivity contribution in [3.63, 3.8) is 0 Å². The molecule has 6 nitrogen and oxygen atoms in total. The van der Waals surface area contributed by atoms with Gasteiger partial charge < -0.3 is 19.6 Å². The Morgan fingerprint density at radius 3 is 2.26 bits per heavy atom. The number of hydrogen-bond donors (Lipinski definition) is 1. The molecule has 7 heteroatoms. The number of morpholine rings is 1. The van der Waals surface area contributed by atoms with Crippen LogP contribution in [0.5, 0.6) is 0 Å². The molecular formula is C20H21FN2O4. The Bertz CT molecular complexity index is 787. The second-order valence-corrected chi connectivity index (χ2v) is 6.33. The van der Waals surface area contributed by atoms with Gasteiger partial charge in [0.15, 0.2) is 0 Å². The van der Waals surface area contributed by atoms with E-state index in [4.69, 9.17) is 9.84 Å². The summed E-state index contributed by atoms with van der Waals surface area (Å²) in [7, 11) is 0. The first-order valence-electron chi connectivity index (χ1n) is 8.71. The van der Waals surface area contributed by atoms with Crippen molar-refractivity contribution < 1.29 is 23.8 Å². The summed E-state index contributed by atoms with van der Waals surface area (Å²) in [5, 5.41) is 9.14. The average Bonchev–Trinajstić information content (AvgIpc) is 2.69. The zero-order valence-corrected chi connectivity index (χ0v) is 14.8. The van der Waals surface area contributed by atoms with Crippen molar-refractivity contribution in [3.05, 3.63) is 65.5 Å². The lowest BCUT2D eigenvalue weighted by atomic mass is 10.1. The normalized spacial score (nSPS) is 14.0. The van der Waals surface area contributed by atoms with Crippen LogP contribution in [0.1, 0.15) is 15.9 Å². The third kappa shape index (κ3) is 5.04. The molecule has 2 aromatic rings. The van der Waals surface area contributed by atoms with Crippen LogP contribution in [-0.2, 0) is 16.1 Å². The van der Waals surface area contributed by atoms with E-state index >= 15 is 0 Å². The number of ether oxygens (including phenoxy) is 1. The second kappa shape index (κ2) is 8.64. The lowest BCUT2D eigenvalue weighted by molar-refractivity contribution is -0.137. The van der Waals surface area contributed by atoms with Crippen LogP contribution in [0.4, 0.5) is 10.1 Å². The van der Waals surface area contributed by atoms with E-state index in [1.165, 1.54) is 17.0 Å². The van der Waals surface area contributed by atoms with Crippen molar-refractivity contribution in [1.29, 1.82) is 0 Å². The van der Waals surface area contributed by atoms with E-state index < -0.39 is 12.5 Å². The Balaban J connectivity index is 1.74. The van der Waals surface area contributed by atoms with E-state index in [9.17, 15) is 14.0 Å². The number of carboxylic acids is 1. The number of carboxylic acid groups (broad SMARTS) is 1. The fourth-order valence-corrected chi connectivity index (χ4v) is 2.99. The third-order valence-corrected chi connectivity index (χ3v) is 4.39. The fourth-order valence-electron chi connectivity index (χ4n) is 2.99. The molecule has 1 heterocycles. The Kier molecular flexibility index (Phi) is 6.03. The minimum atomic E-state index is -1.10. The first kappa shape index (κ1) is 18.8. The monoisotopic (exact) mass is 372 g/mol. The summed E-state index contributed by atoms with van der Waals surface area (Å²) < 4.78 is 18.4. The van der Waals surface area contributed by atoms with Crippen LogP contribution < -0.4 is 4.90 Å². The average molecular weight is 372 g/mol. The minimum absolute atomic E-state index is 0.0939. The highest BCUT2D eigenvalue weighted by atomic mass is 19.1. The maximum Gasteiger partial charge on any atom is 0.323 e. The molecule has 3 rings (SSSR count). The van der Waals surface area contributed by atoms with Crippen LogP contribution in [0.25, 0.3) is 0 Å². The van der Waals surface area contributed by atoms with Gasteiger partial charge in [-0.3, -0.25) is 9.59 Å². The van der Waals surface area contributed by atoms with Crippen LogP contribution in [0, 0.1) is 5.82 Å². The number of hydrogen-bond acceptors (Lipinski definition) is 4. The highest BCUT2D eigenvalue weighted by molar-refractivity contribution is 5.96. The minimum Gasteiger partial charge on any atom is -0.480 e. The molecule has 142 valence electrons. The smallest absolute Gasteiger partial charge is 0.323 e. The van der Waals surface area contributed by atoms with Crippen LogP contribution in [0.3, 0.4) is 0 Å². The summed E-state index contributed by atoms with van der Waals surface area (Å²) in [5.41, 5.74) is 2.07. The molecule has 1 aliphatic heterocycles. The predicted molar refractivity (Wildman–Crippen MR) is 98.3 cm³/mol. The Labute approximate surface area is 156 Å². The SMILES string of the molecule is O=C(O)CN(Cc1ccc(F)cc1)C(=O)c1ccc(N2CCOCC2)cc1. The summed E-state index contributed by atoms with van der Waals surface area (Å²) in [4.78, 5) is 27.4. The molecular weight excluding hydrogens is 351 g/mol. The molecule has 0 aromatic heterocycles. The molecule has 0 spiro atoms. The van der Waals surface area contributed by atoms with E-state index in [1.807, 2.05) is 12.1 Å². The number of aliphatic carboxylic acids is 1. The van der Waals surface area contributed by atoms with Crippen molar-refractivity contribution in [3.8, 4) is 0 Å². The third-order valence-electron chi connectivity index (χ3n) is 4.39. The number of carbonyl (C=O) groups excluding carboxylic acids is 1. The van der Waals surface area contributed by atoms with E-state index in [0.717, 1.165) is 18.8 Å². The van der Waals surface area contributed by atoms with E-state index in [1.54, 1.807) is 24.3 Å². The van der Waals surface area contributed by atoms with Crippen molar-refractivity contribution in [2.75, 3.05) is 37.7 Å². The van der Waals surface area contributed by atoms with Crippen LogP contribution in [0.15, 0.2) is 48.5 Å². The number of benzene rings is 2. The summed E-state index contributed by atoms with van der Waals surface area (Å²) in [6.07, 6.45) is 0. The van der Waals surface area contributed by atoms with Crippen LogP contribution >= 0.6 is 0 Å². The fraction of sp³-hybridized carbons (Fsp3) is 0.300. The summed E-state index contributed by atoms with van der Waals surface area (Å²) in [6, 6.07) is 12.8. The Morgan fingerprint density at radius 2 is 1.67 bits per heavy atom. The number of rotatable bonds is 6. The standard InChI is InChI=1S/C20H21FN2O4/c21-17-5-1-15(2-6-17)13-23(14-19(24)25)20(26)16-3-7-18(8-4-16)22-9-11-27-12-10-22/h1-8H,9-14H2,(H,24,25). The van der Waals surface area contributed by atoms with Gasteiger partial charge >= 0.3 is 5.97 Å². The van der Waals surface area contributed by atoms with E-state index in [-0.39, 0.29) is 18.3 Å². The molecule has 0 saturated carbocycles. The lowest BCUT2D eigenvalue weighted by Gasteiger charge is -2.29.